The fourth-order valence-electron chi connectivity index (χ4n) is 2.24. The van der Waals surface area contributed by atoms with Crippen molar-refractivity contribution < 1.29 is 9.53 Å². The molecular formula is C19H22ClNO2S. The summed E-state index contributed by atoms with van der Waals surface area (Å²) < 4.78 is 5.13. The van der Waals surface area contributed by atoms with Crippen LogP contribution in [0, 0.1) is 0 Å². The molecular weight excluding hydrogens is 342 g/mol. The molecule has 1 amide bonds. The molecule has 0 radical (unpaired) electrons. The number of amides is 1. The van der Waals surface area contributed by atoms with Gasteiger partial charge in [-0.1, -0.05) is 41.9 Å². The topological polar surface area (TPSA) is 38.3 Å². The van der Waals surface area contributed by atoms with Gasteiger partial charge in [0.2, 0.25) is 5.91 Å². The third kappa shape index (κ3) is 6.46. The molecule has 0 saturated carbocycles. The maximum Gasteiger partial charge on any atom is 0.230 e. The van der Waals surface area contributed by atoms with Gasteiger partial charge >= 0.3 is 0 Å². The molecule has 24 heavy (non-hydrogen) atoms. The van der Waals surface area contributed by atoms with Crippen LogP contribution in [0.5, 0.6) is 5.75 Å². The monoisotopic (exact) mass is 363 g/mol. The van der Waals surface area contributed by atoms with Gasteiger partial charge in [-0.15, -0.1) is 11.8 Å². The number of aryl methyl sites for hydroxylation is 1. The second-order valence-electron chi connectivity index (χ2n) is 5.39. The number of nitrogens with one attached hydrogen (secondary N) is 1. The predicted molar refractivity (Wildman–Crippen MR) is 102 cm³/mol. The molecule has 3 nitrogen and oxygen atoms in total. The highest BCUT2D eigenvalue weighted by Crippen LogP contribution is 2.17. The zero-order valence-corrected chi connectivity index (χ0v) is 15.3. The van der Waals surface area contributed by atoms with E-state index in [9.17, 15) is 4.79 Å². The molecule has 2 aromatic rings. The first-order valence-electron chi connectivity index (χ1n) is 7.90. The van der Waals surface area contributed by atoms with Crippen LogP contribution in [-0.4, -0.2) is 25.3 Å². The summed E-state index contributed by atoms with van der Waals surface area (Å²) in [6.45, 7) is 0.674. The van der Waals surface area contributed by atoms with Gasteiger partial charge in [-0.25, -0.2) is 0 Å². The first kappa shape index (κ1) is 18.7. The number of ether oxygens (including phenoxy) is 1. The minimum absolute atomic E-state index is 0.0765. The molecule has 2 aromatic carbocycles. The highest BCUT2D eigenvalue weighted by molar-refractivity contribution is 7.99. The van der Waals surface area contributed by atoms with Gasteiger partial charge < -0.3 is 10.1 Å². The molecule has 0 aliphatic heterocycles. The second kappa shape index (κ2) is 10.3. The molecule has 0 unspecified atom stereocenters. The Morgan fingerprint density at radius 1 is 1.17 bits per heavy atom. The van der Waals surface area contributed by atoms with Crippen LogP contribution in [0.2, 0.25) is 5.02 Å². The van der Waals surface area contributed by atoms with Crippen molar-refractivity contribution in [3.05, 3.63) is 64.7 Å². The van der Waals surface area contributed by atoms with Crippen molar-refractivity contribution in [2.75, 3.05) is 19.4 Å². The van der Waals surface area contributed by atoms with Crippen LogP contribution >= 0.6 is 23.4 Å². The predicted octanol–water partition coefficient (Wildman–Crippen LogP) is 4.33. The van der Waals surface area contributed by atoms with E-state index in [1.165, 1.54) is 5.56 Å². The van der Waals surface area contributed by atoms with Gasteiger partial charge in [0.15, 0.2) is 0 Å². The number of carbonyl (C=O) groups excluding carboxylic acids is 1. The molecule has 0 aliphatic rings. The summed E-state index contributed by atoms with van der Waals surface area (Å²) in [6.07, 6.45) is 1.76. The van der Waals surface area contributed by atoms with Crippen LogP contribution in [0.4, 0.5) is 0 Å². The van der Waals surface area contributed by atoms with E-state index >= 15 is 0 Å². The van der Waals surface area contributed by atoms with Crippen molar-refractivity contribution in [1.82, 2.24) is 5.32 Å². The van der Waals surface area contributed by atoms with Crippen LogP contribution in [-0.2, 0) is 17.0 Å². The molecule has 0 heterocycles. The highest BCUT2D eigenvalue weighted by atomic mass is 35.5. The maximum absolute atomic E-state index is 11.8. The summed E-state index contributed by atoms with van der Waals surface area (Å²) in [7, 11) is 1.65. The van der Waals surface area contributed by atoms with E-state index in [4.69, 9.17) is 16.3 Å². The lowest BCUT2D eigenvalue weighted by molar-refractivity contribution is -0.118. The zero-order chi connectivity index (χ0) is 17.2. The SMILES string of the molecule is COc1ccc(CSCC(=O)NCCCc2ccccc2Cl)cc1. The van der Waals surface area contributed by atoms with Crippen LogP contribution < -0.4 is 10.1 Å². The molecule has 0 spiro atoms. The number of benzene rings is 2. The molecule has 2 rings (SSSR count). The minimum Gasteiger partial charge on any atom is -0.497 e. The van der Waals surface area contributed by atoms with E-state index in [0.29, 0.717) is 12.3 Å². The fourth-order valence-corrected chi connectivity index (χ4v) is 3.29. The van der Waals surface area contributed by atoms with E-state index in [2.05, 4.69) is 5.32 Å². The van der Waals surface area contributed by atoms with Crippen LogP contribution in [0.3, 0.4) is 0 Å². The van der Waals surface area contributed by atoms with E-state index < -0.39 is 0 Å². The van der Waals surface area contributed by atoms with Crippen LogP contribution in [0.25, 0.3) is 0 Å². The number of halogens is 1. The summed E-state index contributed by atoms with van der Waals surface area (Å²) in [5.41, 5.74) is 2.31. The molecule has 128 valence electrons. The third-order valence-electron chi connectivity index (χ3n) is 3.56. The van der Waals surface area contributed by atoms with E-state index in [-0.39, 0.29) is 5.91 Å². The molecule has 0 atom stereocenters. The molecule has 0 aromatic heterocycles. The maximum atomic E-state index is 11.8. The van der Waals surface area contributed by atoms with Crippen molar-refractivity contribution in [3.63, 3.8) is 0 Å². The van der Waals surface area contributed by atoms with Gasteiger partial charge in [-0.2, -0.15) is 0 Å². The molecule has 0 fully saturated rings. The van der Waals surface area contributed by atoms with Crippen molar-refractivity contribution in [3.8, 4) is 5.75 Å². The van der Waals surface area contributed by atoms with Crippen LogP contribution in [0.1, 0.15) is 17.5 Å². The molecule has 0 bridgehead atoms. The number of hydrogen-bond donors (Lipinski definition) is 1. The van der Waals surface area contributed by atoms with E-state index in [1.807, 2.05) is 48.5 Å². The van der Waals surface area contributed by atoms with Gasteiger partial charge in [0, 0.05) is 17.3 Å². The highest BCUT2D eigenvalue weighted by Gasteiger charge is 2.03. The van der Waals surface area contributed by atoms with Gasteiger partial charge in [0.05, 0.1) is 12.9 Å². The number of thioether (sulfide) groups is 1. The van der Waals surface area contributed by atoms with Gasteiger partial charge in [0.1, 0.15) is 5.75 Å². The lowest BCUT2D eigenvalue weighted by atomic mass is 10.1. The molecule has 0 aliphatic carbocycles. The first-order chi connectivity index (χ1) is 11.7. The minimum atomic E-state index is 0.0765. The largest absolute Gasteiger partial charge is 0.497 e. The Balaban J connectivity index is 1.58. The first-order valence-corrected chi connectivity index (χ1v) is 9.43. The number of hydrogen-bond acceptors (Lipinski definition) is 3. The third-order valence-corrected chi connectivity index (χ3v) is 4.94. The lowest BCUT2D eigenvalue weighted by Gasteiger charge is -2.07. The normalized spacial score (nSPS) is 10.4. The van der Waals surface area contributed by atoms with E-state index in [0.717, 1.165) is 34.9 Å². The number of rotatable bonds is 9. The van der Waals surface area contributed by atoms with Crippen molar-refractivity contribution in [2.24, 2.45) is 0 Å². The molecule has 0 saturated heterocycles. The Morgan fingerprint density at radius 2 is 1.92 bits per heavy atom. The number of methoxy groups -OCH3 is 1. The average molecular weight is 364 g/mol. The standard InChI is InChI=1S/C19H22ClNO2S/c1-23-17-10-8-15(9-11-17)13-24-14-19(22)21-12-4-6-16-5-2-3-7-18(16)20/h2-3,5,7-11H,4,6,12-14H2,1H3,(H,21,22). The number of carbonyl (C=O) groups is 1. The lowest BCUT2D eigenvalue weighted by Crippen LogP contribution is -2.26. The Morgan fingerprint density at radius 3 is 2.62 bits per heavy atom. The smallest absolute Gasteiger partial charge is 0.230 e. The summed E-state index contributed by atoms with van der Waals surface area (Å²) in [6, 6.07) is 15.7. The summed E-state index contributed by atoms with van der Waals surface area (Å²) in [5, 5.41) is 3.74. The quantitative estimate of drug-likeness (QED) is 0.674. The van der Waals surface area contributed by atoms with Gasteiger partial charge in [-0.3, -0.25) is 4.79 Å². The van der Waals surface area contributed by atoms with Crippen molar-refractivity contribution in [1.29, 1.82) is 0 Å². The average Bonchev–Trinajstić information content (AvgIpc) is 2.61. The fraction of sp³-hybridized carbons (Fsp3) is 0.316. The Labute approximate surface area is 152 Å². The summed E-state index contributed by atoms with van der Waals surface area (Å²) in [4.78, 5) is 11.8. The van der Waals surface area contributed by atoms with E-state index in [1.54, 1.807) is 18.9 Å². The summed E-state index contributed by atoms with van der Waals surface area (Å²) >= 11 is 7.72. The van der Waals surface area contributed by atoms with Gasteiger partial charge in [-0.05, 0) is 42.2 Å². The second-order valence-corrected chi connectivity index (χ2v) is 6.78. The molecule has 1 N–H and O–H groups in total. The molecule has 5 heteroatoms. The van der Waals surface area contributed by atoms with Crippen molar-refractivity contribution in [2.45, 2.75) is 18.6 Å². The Hall–Kier alpha value is -1.65. The Kier molecular flexibility index (Phi) is 7.99. The Bertz CT molecular complexity index is 646. The van der Waals surface area contributed by atoms with Crippen molar-refractivity contribution >= 4 is 29.3 Å². The zero-order valence-electron chi connectivity index (χ0n) is 13.8. The summed E-state index contributed by atoms with van der Waals surface area (Å²) in [5.74, 6) is 2.21. The van der Waals surface area contributed by atoms with Crippen LogP contribution in [0.15, 0.2) is 48.5 Å². The van der Waals surface area contributed by atoms with Gasteiger partial charge in [0.25, 0.3) is 0 Å².